The Morgan fingerprint density at radius 3 is 2.73 bits per heavy atom. The molecular weight excluding hydrogens is 358 g/mol. The molecule has 0 radical (unpaired) electrons. The second-order valence-corrected chi connectivity index (χ2v) is 7.30. The van der Waals surface area contributed by atoms with Gasteiger partial charge in [0.05, 0.1) is 5.75 Å². The first kappa shape index (κ1) is 15.6. The van der Waals surface area contributed by atoms with Crippen LogP contribution in [0.5, 0.6) is 0 Å². The summed E-state index contributed by atoms with van der Waals surface area (Å²) in [5.41, 5.74) is 3.64. The molecule has 114 valence electrons. The van der Waals surface area contributed by atoms with Gasteiger partial charge in [0.1, 0.15) is 0 Å². The van der Waals surface area contributed by atoms with E-state index in [4.69, 9.17) is 0 Å². The maximum atomic E-state index is 12.5. The number of benzene rings is 2. The molecule has 0 aliphatic carbocycles. The van der Waals surface area contributed by atoms with Gasteiger partial charge in [-0.2, -0.15) is 0 Å². The summed E-state index contributed by atoms with van der Waals surface area (Å²) in [4.78, 5) is 14.5. The van der Waals surface area contributed by atoms with Gasteiger partial charge >= 0.3 is 0 Å². The number of hydrogen-bond donors (Lipinski definition) is 0. The lowest BCUT2D eigenvalue weighted by Crippen LogP contribution is -2.36. The molecule has 1 aliphatic rings. The fourth-order valence-corrected chi connectivity index (χ4v) is 3.83. The lowest BCUT2D eigenvalue weighted by molar-refractivity contribution is -0.116. The van der Waals surface area contributed by atoms with E-state index in [1.807, 2.05) is 23.1 Å². The third kappa shape index (κ3) is 3.73. The second-order valence-electron chi connectivity index (χ2n) is 5.40. The minimum absolute atomic E-state index is 0.217. The van der Waals surface area contributed by atoms with Crippen LogP contribution in [0.25, 0.3) is 0 Å². The van der Waals surface area contributed by atoms with Crippen molar-refractivity contribution >= 4 is 39.3 Å². The number of halogens is 1. The van der Waals surface area contributed by atoms with E-state index in [0.29, 0.717) is 5.75 Å². The van der Waals surface area contributed by atoms with Crippen LogP contribution in [0.1, 0.15) is 17.5 Å². The molecule has 1 amide bonds. The van der Waals surface area contributed by atoms with Crippen molar-refractivity contribution in [3.8, 4) is 0 Å². The van der Waals surface area contributed by atoms with E-state index >= 15 is 0 Å². The van der Waals surface area contributed by atoms with Gasteiger partial charge in [0.2, 0.25) is 5.91 Å². The number of rotatable bonds is 4. The van der Waals surface area contributed by atoms with Crippen LogP contribution in [0.15, 0.2) is 53.0 Å². The summed E-state index contributed by atoms with van der Waals surface area (Å²) in [6, 6.07) is 16.5. The van der Waals surface area contributed by atoms with E-state index in [9.17, 15) is 4.79 Å². The average Bonchev–Trinajstić information content (AvgIpc) is 2.56. The van der Waals surface area contributed by atoms with Gasteiger partial charge in [0.15, 0.2) is 0 Å². The number of carbonyl (C=O) groups excluding carboxylic acids is 1. The Kier molecular flexibility index (Phi) is 5.21. The van der Waals surface area contributed by atoms with Crippen molar-refractivity contribution in [2.75, 3.05) is 17.2 Å². The fraction of sp³-hybridized carbons (Fsp3) is 0.278. The van der Waals surface area contributed by atoms with E-state index in [-0.39, 0.29) is 5.91 Å². The lowest BCUT2D eigenvalue weighted by atomic mass is 10.0. The largest absolute Gasteiger partial charge is 0.311 e. The molecule has 0 bridgehead atoms. The van der Waals surface area contributed by atoms with Gasteiger partial charge in [-0.1, -0.05) is 46.3 Å². The van der Waals surface area contributed by atoms with Crippen LogP contribution in [0, 0.1) is 0 Å². The van der Waals surface area contributed by atoms with Gasteiger partial charge in [-0.3, -0.25) is 4.79 Å². The number of amides is 1. The molecule has 0 saturated carbocycles. The van der Waals surface area contributed by atoms with Crippen molar-refractivity contribution in [2.24, 2.45) is 0 Å². The summed E-state index contributed by atoms with van der Waals surface area (Å²) in [6.45, 7) is 0.842. The van der Waals surface area contributed by atoms with Crippen molar-refractivity contribution in [3.63, 3.8) is 0 Å². The zero-order valence-electron chi connectivity index (χ0n) is 12.3. The number of para-hydroxylation sites is 1. The molecule has 3 rings (SSSR count). The van der Waals surface area contributed by atoms with E-state index in [1.54, 1.807) is 11.8 Å². The summed E-state index contributed by atoms with van der Waals surface area (Å²) in [5.74, 6) is 1.62. The van der Waals surface area contributed by atoms with Crippen LogP contribution < -0.4 is 4.90 Å². The van der Waals surface area contributed by atoms with Crippen LogP contribution in [0.3, 0.4) is 0 Å². The number of carbonyl (C=O) groups is 1. The summed E-state index contributed by atoms with van der Waals surface area (Å²) >= 11 is 5.12. The molecular formula is C18H18BrNOS. The highest BCUT2D eigenvalue weighted by molar-refractivity contribution is 9.10. The molecule has 1 aliphatic heterocycles. The second kappa shape index (κ2) is 7.34. The number of thioether (sulfide) groups is 1. The monoisotopic (exact) mass is 375 g/mol. The van der Waals surface area contributed by atoms with E-state index < -0.39 is 0 Å². The van der Waals surface area contributed by atoms with Crippen molar-refractivity contribution in [1.29, 1.82) is 0 Å². The van der Waals surface area contributed by atoms with Crippen molar-refractivity contribution < 1.29 is 4.79 Å². The average molecular weight is 376 g/mol. The maximum Gasteiger partial charge on any atom is 0.236 e. The number of hydrogen-bond acceptors (Lipinski definition) is 2. The number of aryl methyl sites for hydroxylation is 1. The third-order valence-corrected chi connectivity index (χ3v) is 5.34. The predicted molar refractivity (Wildman–Crippen MR) is 97.4 cm³/mol. The molecule has 2 aromatic rings. The zero-order valence-corrected chi connectivity index (χ0v) is 14.7. The maximum absolute atomic E-state index is 12.5. The summed E-state index contributed by atoms with van der Waals surface area (Å²) in [7, 11) is 0. The predicted octanol–water partition coefficient (Wildman–Crippen LogP) is 4.66. The molecule has 4 heteroatoms. The summed E-state index contributed by atoms with van der Waals surface area (Å²) in [6.07, 6.45) is 2.13. The first-order valence-corrected chi connectivity index (χ1v) is 9.39. The minimum Gasteiger partial charge on any atom is -0.311 e. The molecule has 0 spiro atoms. The van der Waals surface area contributed by atoms with E-state index in [2.05, 4.69) is 46.3 Å². The van der Waals surface area contributed by atoms with E-state index in [1.165, 1.54) is 11.1 Å². The molecule has 0 aromatic heterocycles. The normalized spacial score (nSPS) is 13.8. The van der Waals surface area contributed by atoms with E-state index in [0.717, 1.165) is 35.3 Å². The van der Waals surface area contributed by atoms with Gasteiger partial charge < -0.3 is 4.90 Å². The molecule has 22 heavy (non-hydrogen) atoms. The lowest BCUT2D eigenvalue weighted by Gasteiger charge is -2.29. The molecule has 0 saturated heterocycles. The molecule has 0 unspecified atom stereocenters. The fourth-order valence-electron chi connectivity index (χ4n) is 2.71. The molecule has 0 N–H and O–H groups in total. The highest BCUT2D eigenvalue weighted by atomic mass is 79.9. The van der Waals surface area contributed by atoms with Crippen molar-refractivity contribution in [3.05, 3.63) is 64.1 Å². The molecule has 1 heterocycles. The van der Waals surface area contributed by atoms with Crippen molar-refractivity contribution in [1.82, 2.24) is 0 Å². The van der Waals surface area contributed by atoms with Gasteiger partial charge in [-0.05, 0) is 42.2 Å². The Balaban J connectivity index is 1.58. The topological polar surface area (TPSA) is 20.3 Å². The van der Waals surface area contributed by atoms with Crippen molar-refractivity contribution in [2.45, 2.75) is 18.6 Å². The molecule has 0 fully saturated rings. The summed E-state index contributed by atoms with van der Waals surface area (Å²) in [5, 5.41) is 0. The van der Waals surface area contributed by atoms with Crippen LogP contribution in [0.4, 0.5) is 5.69 Å². The number of nitrogens with zero attached hydrogens (tertiary/aromatic N) is 1. The Hall–Kier alpha value is -1.26. The van der Waals surface area contributed by atoms with Crippen LogP contribution >= 0.6 is 27.7 Å². The molecule has 2 aromatic carbocycles. The Bertz CT molecular complexity index is 656. The van der Waals surface area contributed by atoms with Gasteiger partial charge in [-0.15, -0.1) is 11.8 Å². The first-order chi connectivity index (χ1) is 10.7. The standard InChI is InChI=1S/C18H18BrNOS/c19-16-9-7-14(8-10-16)12-22-13-18(21)20-11-3-5-15-4-1-2-6-17(15)20/h1-2,4,6-10H,3,5,11-13H2. The number of fused-ring (bicyclic) bond motifs is 1. The quantitative estimate of drug-likeness (QED) is 0.774. The summed E-state index contributed by atoms with van der Waals surface area (Å²) < 4.78 is 1.09. The highest BCUT2D eigenvalue weighted by Gasteiger charge is 2.21. The third-order valence-electron chi connectivity index (χ3n) is 3.82. The first-order valence-electron chi connectivity index (χ1n) is 7.44. The Labute approximate surface area is 144 Å². The zero-order chi connectivity index (χ0) is 15.4. The molecule has 2 nitrogen and oxygen atoms in total. The van der Waals surface area contributed by atoms with Crippen LogP contribution in [0.2, 0.25) is 0 Å². The van der Waals surface area contributed by atoms with Crippen LogP contribution in [-0.4, -0.2) is 18.2 Å². The minimum atomic E-state index is 0.217. The van der Waals surface area contributed by atoms with Gasteiger partial charge in [0, 0.05) is 22.5 Å². The Morgan fingerprint density at radius 2 is 1.91 bits per heavy atom. The SMILES string of the molecule is O=C(CSCc1ccc(Br)cc1)N1CCCc2ccccc21. The van der Waals surface area contributed by atoms with Gasteiger partial charge in [0.25, 0.3) is 0 Å². The van der Waals surface area contributed by atoms with Crippen LogP contribution in [-0.2, 0) is 17.0 Å². The molecule has 0 atom stereocenters. The Morgan fingerprint density at radius 1 is 1.14 bits per heavy atom. The number of anilines is 1. The van der Waals surface area contributed by atoms with Gasteiger partial charge in [-0.25, -0.2) is 0 Å². The highest BCUT2D eigenvalue weighted by Crippen LogP contribution is 2.27. The smallest absolute Gasteiger partial charge is 0.236 e.